The summed E-state index contributed by atoms with van der Waals surface area (Å²) in [6.07, 6.45) is 3.06. The minimum atomic E-state index is -3.35. The van der Waals surface area contributed by atoms with Gasteiger partial charge in [-0.1, -0.05) is 0 Å². The van der Waals surface area contributed by atoms with Crippen LogP contribution in [0.2, 0.25) is 0 Å². The van der Waals surface area contributed by atoms with Crippen LogP contribution in [0.4, 0.5) is 0 Å². The van der Waals surface area contributed by atoms with Gasteiger partial charge >= 0.3 is 0 Å². The topological polar surface area (TPSA) is 104 Å². The first-order valence-electron chi connectivity index (χ1n) is 10.8. The maximum atomic E-state index is 12.3. The predicted molar refractivity (Wildman–Crippen MR) is 131 cm³/mol. The number of nitrogens with one attached hydrogen (secondary N) is 3. The van der Waals surface area contributed by atoms with Gasteiger partial charge in [-0.15, -0.1) is 24.0 Å². The number of morpholine rings is 1. The molecule has 2 heterocycles. The minimum Gasteiger partial charge on any atom is -0.379 e. The van der Waals surface area contributed by atoms with Crippen LogP contribution in [0, 0.1) is 0 Å². The summed E-state index contributed by atoms with van der Waals surface area (Å²) >= 11 is 0. The van der Waals surface area contributed by atoms with E-state index in [0.29, 0.717) is 32.1 Å². The fourth-order valence-electron chi connectivity index (χ4n) is 3.45. The fourth-order valence-corrected chi connectivity index (χ4v) is 4.40. The average molecular weight is 562 g/mol. The summed E-state index contributed by atoms with van der Waals surface area (Å²) in [5, 5.41) is 6.32. The Labute approximate surface area is 199 Å². The molecule has 2 aliphatic heterocycles. The Kier molecular flexibility index (Phi) is 13.0. The Morgan fingerprint density at radius 2 is 1.90 bits per heavy atom. The minimum absolute atomic E-state index is 0. The number of hydrogen-bond acceptors (Lipinski definition) is 6. The van der Waals surface area contributed by atoms with Crippen molar-refractivity contribution in [1.29, 1.82) is 0 Å². The Hall–Kier alpha value is -0.210. The molecular formula is C19H40IN5O4S. The molecule has 11 heteroatoms. The standard InChI is InChI=1S/C19H39N5O4S.HI/c1-4-20-18(22-16-19(2,3)24-9-12-27-13-10-24)21-8-14-29(25,26)23-15-17-7-5-6-11-28-17;/h17,23H,4-16H2,1-3H3,(H2,20,21,22);1H. The highest BCUT2D eigenvalue weighted by molar-refractivity contribution is 14.0. The molecule has 0 radical (unpaired) electrons. The van der Waals surface area contributed by atoms with Crippen molar-refractivity contribution in [2.45, 2.75) is 51.7 Å². The van der Waals surface area contributed by atoms with Gasteiger partial charge in [0.1, 0.15) is 0 Å². The van der Waals surface area contributed by atoms with Crippen LogP contribution >= 0.6 is 24.0 Å². The van der Waals surface area contributed by atoms with Crippen LogP contribution in [-0.4, -0.2) is 95.8 Å². The van der Waals surface area contributed by atoms with Crippen LogP contribution in [0.15, 0.2) is 4.99 Å². The number of halogens is 1. The molecule has 0 saturated carbocycles. The third-order valence-corrected chi connectivity index (χ3v) is 6.65. The van der Waals surface area contributed by atoms with E-state index in [0.717, 1.165) is 52.2 Å². The molecule has 0 aliphatic carbocycles. The van der Waals surface area contributed by atoms with Gasteiger partial charge in [-0.05, 0) is 40.0 Å². The zero-order valence-electron chi connectivity index (χ0n) is 18.6. The quantitative estimate of drug-likeness (QED) is 0.206. The predicted octanol–water partition coefficient (Wildman–Crippen LogP) is 0.759. The first kappa shape index (κ1) is 27.8. The molecule has 178 valence electrons. The highest BCUT2D eigenvalue weighted by Crippen LogP contribution is 2.16. The Morgan fingerprint density at radius 3 is 2.53 bits per heavy atom. The lowest BCUT2D eigenvalue weighted by Gasteiger charge is -2.39. The number of guanidine groups is 1. The van der Waals surface area contributed by atoms with E-state index in [1.807, 2.05) is 6.92 Å². The van der Waals surface area contributed by atoms with Gasteiger partial charge in [-0.3, -0.25) is 9.89 Å². The van der Waals surface area contributed by atoms with E-state index in [1.54, 1.807) is 0 Å². The number of aliphatic imine (C=N–C) groups is 1. The van der Waals surface area contributed by atoms with Crippen molar-refractivity contribution in [1.82, 2.24) is 20.3 Å². The number of ether oxygens (including phenoxy) is 2. The van der Waals surface area contributed by atoms with Crippen molar-refractivity contribution >= 4 is 40.0 Å². The molecule has 3 N–H and O–H groups in total. The Morgan fingerprint density at radius 1 is 1.17 bits per heavy atom. The molecular weight excluding hydrogens is 521 g/mol. The molecule has 30 heavy (non-hydrogen) atoms. The molecule has 0 spiro atoms. The normalized spacial score (nSPS) is 21.7. The second-order valence-corrected chi connectivity index (χ2v) is 10.1. The van der Waals surface area contributed by atoms with Crippen LogP contribution < -0.4 is 15.4 Å². The van der Waals surface area contributed by atoms with E-state index >= 15 is 0 Å². The molecule has 0 aromatic heterocycles. The third kappa shape index (κ3) is 10.4. The summed E-state index contributed by atoms with van der Waals surface area (Å²) in [6, 6.07) is 0. The summed E-state index contributed by atoms with van der Waals surface area (Å²) in [7, 11) is -3.35. The molecule has 2 aliphatic rings. The van der Waals surface area contributed by atoms with Gasteiger partial charge in [0.2, 0.25) is 10.0 Å². The van der Waals surface area contributed by atoms with E-state index in [1.165, 1.54) is 0 Å². The Balaban J connectivity index is 0.00000450. The molecule has 1 atom stereocenters. The van der Waals surface area contributed by atoms with Gasteiger partial charge in [-0.25, -0.2) is 13.1 Å². The summed E-state index contributed by atoms with van der Waals surface area (Å²) in [4.78, 5) is 7.06. The van der Waals surface area contributed by atoms with E-state index < -0.39 is 10.0 Å². The molecule has 0 bridgehead atoms. The zero-order valence-corrected chi connectivity index (χ0v) is 21.8. The van der Waals surface area contributed by atoms with Crippen molar-refractivity contribution in [2.75, 3.05) is 64.8 Å². The summed E-state index contributed by atoms with van der Waals surface area (Å²) in [6.45, 7) is 12.4. The molecule has 2 rings (SSSR count). The van der Waals surface area contributed by atoms with Crippen molar-refractivity contribution in [3.8, 4) is 0 Å². The monoisotopic (exact) mass is 561 g/mol. The maximum Gasteiger partial charge on any atom is 0.213 e. The number of nitrogens with zero attached hydrogens (tertiary/aromatic N) is 2. The van der Waals surface area contributed by atoms with Crippen LogP contribution in [0.1, 0.15) is 40.0 Å². The average Bonchev–Trinajstić information content (AvgIpc) is 2.72. The lowest BCUT2D eigenvalue weighted by Crippen LogP contribution is -2.52. The van der Waals surface area contributed by atoms with E-state index in [2.05, 4.69) is 39.1 Å². The van der Waals surface area contributed by atoms with Gasteiger partial charge in [0, 0.05) is 44.9 Å². The number of rotatable bonds is 10. The van der Waals surface area contributed by atoms with E-state index in [9.17, 15) is 8.42 Å². The highest BCUT2D eigenvalue weighted by atomic mass is 127. The van der Waals surface area contributed by atoms with Crippen LogP contribution in [0.3, 0.4) is 0 Å². The number of hydrogen-bond donors (Lipinski definition) is 3. The molecule has 2 saturated heterocycles. The van der Waals surface area contributed by atoms with Crippen molar-refractivity contribution < 1.29 is 17.9 Å². The van der Waals surface area contributed by atoms with Crippen molar-refractivity contribution in [3.05, 3.63) is 0 Å². The molecule has 1 unspecified atom stereocenters. The van der Waals surface area contributed by atoms with Crippen LogP contribution in [0.5, 0.6) is 0 Å². The molecule has 0 amide bonds. The molecule has 0 aromatic carbocycles. The van der Waals surface area contributed by atoms with Gasteiger partial charge in [0.05, 0.1) is 31.6 Å². The Bertz CT molecular complexity index is 606. The lowest BCUT2D eigenvalue weighted by molar-refractivity contribution is -0.00683. The first-order valence-corrected chi connectivity index (χ1v) is 12.4. The maximum absolute atomic E-state index is 12.3. The van der Waals surface area contributed by atoms with Crippen molar-refractivity contribution in [3.63, 3.8) is 0 Å². The summed E-state index contributed by atoms with van der Waals surface area (Å²) in [5.74, 6) is 0.636. The number of sulfonamides is 1. The second-order valence-electron chi connectivity index (χ2n) is 8.19. The highest BCUT2D eigenvalue weighted by Gasteiger charge is 2.28. The molecule has 9 nitrogen and oxygen atoms in total. The summed E-state index contributed by atoms with van der Waals surface area (Å²) < 4.78 is 38.2. The largest absolute Gasteiger partial charge is 0.379 e. The first-order chi connectivity index (χ1) is 13.8. The van der Waals surface area contributed by atoms with Crippen molar-refractivity contribution in [2.24, 2.45) is 4.99 Å². The SMILES string of the molecule is CCNC(=NCC(C)(C)N1CCOCC1)NCCS(=O)(=O)NCC1CCCCO1.I. The van der Waals surface area contributed by atoms with Gasteiger partial charge < -0.3 is 20.1 Å². The fraction of sp³-hybridized carbons (Fsp3) is 0.947. The zero-order chi connectivity index (χ0) is 21.2. The van der Waals surface area contributed by atoms with Crippen LogP contribution in [-0.2, 0) is 19.5 Å². The third-order valence-electron chi connectivity index (χ3n) is 5.30. The van der Waals surface area contributed by atoms with Gasteiger partial charge in [0.15, 0.2) is 5.96 Å². The van der Waals surface area contributed by atoms with E-state index in [-0.39, 0.29) is 41.4 Å². The smallest absolute Gasteiger partial charge is 0.213 e. The van der Waals surface area contributed by atoms with Gasteiger partial charge in [0.25, 0.3) is 0 Å². The second kappa shape index (κ2) is 14.0. The van der Waals surface area contributed by atoms with E-state index in [4.69, 9.17) is 9.47 Å². The van der Waals surface area contributed by atoms with Crippen LogP contribution in [0.25, 0.3) is 0 Å². The lowest BCUT2D eigenvalue weighted by atomic mass is 10.0. The van der Waals surface area contributed by atoms with Gasteiger partial charge in [-0.2, -0.15) is 0 Å². The molecule has 2 fully saturated rings. The summed E-state index contributed by atoms with van der Waals surface area (Å²) in [5.41, 5.74) is -0.0836. The molecule has 0 aromatic rings.